The number of ether oxygens (including phenoxy) is 3. The zero-order valence-electron chi connectivity index (χ0n) is 15.9. The molecule has 0 amide bonds. The zero-order chi connectivity index (χ0) is 21.5. The van der Waals surface area contributed by atoms with E-state index < -0.39 is 29.3 Å². The number of aromatic nitrogens is 1. The highest BCUT2D eigenvalue weighted by Crippen LogP contribution is 2.53. The summed E-state index contributed by atoms with van der Waals surface area (Å²) in [7, 11) is 0. The third-order valence-corrected chi connectivity index (χ3v) is 6.04. The quantitative estimate of drug-likeness (QED) is 0.442. The molecule has 0 atom stereocenters. The number of esters is 4. The van der Waals surface area contributed by atoms with E-state index in [1.54, 1.807) is 24.5 Å². The van der Waals surface area contributed by atoms with Gasteiger partial charge in [-0.25, -0.2) is 19.2 Å². The molecule has 0 unspecified atom stereocenters. The fourth-order valence-electron chi connectivity index (χ4n) is 4.43. The Hall–Kier alpha value is -4.33. The molecule has 31 heavy (non-hydrogen) atoms. The minimum Gasteiger partial charge on any atom is -0.457 e. The van der Waals surface area contributed by atoms with E-state index in [0.717, 1.165) is 5.56 Å². The highest BCUT2D eigenvalue weighted by molar-refractivity contribution is 6.16. The maximum atomic E-state index is 12.2. The van der Waals surface area contributed by atoms with Crippen LogP contribution in [0.1, 0.15) is 65.0 Å². The summed E-state index contributed by atoms with van der Waals surface area (Å²) in [5.41, 5.74) is 1.64. The van der Waals surface area contributed by atoms with Crippen molar-refractivity contribution in [3.8, 4) is 11.5 Å². The lowest BCUT2D eigenvalue weighted by atomic mass is 9.68. The molecule has 0 saturated carbocycles. The van der Waals surface area contributed by atoms with Crippen LogP contribution in [-0.4, -0.2) is 28.9 Å². The van der Waals surface area contributed by atoms with E-state index in [4.69, 9.17) is 14.2 Å². The molecule has 0 aliphatic carbocycles. The molecular weight excluding hydrogens is 402 g/mol. The molecule has 0 radical (unpaired) electrons. The summed E-state index contributed by atoms with van der Waals surface area (Å²) in [5, 5.41) is 0. The number of pyridine rings is 1. The van der Waals surface area contributed by atoms with Gasteiger partial charge in [-0.1, -0.05) is 0 Å². The molecule has 3 aliphatic heterocycles. The molecule has 4 heterocycles. The molecule has 1 aromatic heterocycles. The normalized spacial score (nSPS) is 17.2. The first-order valence-electron chi connectivity index (χ1n) is 9.36. The van der Waals surface area contributed by atoms with Crippen molar-refractivity contribution in [1.82, 2.24) is 4.98 Å². The number of cyclic esters (lactones) is 4. The minimum atomic E-state index is -0.895. The van der Waals surface area contributed by atoms with Gasteiger partial charge in [0.15, 0.2) is 0 Å². The summed E-state index contributed by atoms with van der Waals surface area (Å²) in [6, 6.07) is 9.72. The summed E-state index contributed by atoms with van der Waals surface area (Å²) >= 11 is 0. The molecule has 3 aromatic rings. The number of benzene rings is 2. The van der Waals surface area contributed by atoms with E-state index in [9.17, 15) is 19.2 Å². The zero-order valence-corrected chi connectivity index (χ0v) is 15.9. The Morgan fingerprint density at radius 3 is 1.52 bits per heavy atom. The van der Waals surface area contributed by atoms with Crippen LogP contribution in [0, 0.1) is 0 Å². The predicted molar refractivity (Wildman–Crippen MR) is 102 cm³/mol. The molecule has 6 rings (SSSR count). The Bertz CT molecular complexity index is 1310. The van der Waals surface area contributed by atoms with Crippen molar-refractivity contribution in [2.75, 3.05) is 0 Å². The van der Waals surface area contributed by atoms with Gasteiger partial charge in [0, 0.05) is 28.9 Å². The van der Waals surface area contributed by atoms with Crippen LogP contribution < -0.4 is 4.74 Å². The second kappa shape index (κ2) is 5.63. The Kier molecular flexibility index (Phi) is 3.18. The molecule has 0 saturated heterocycles. The standard InChI is InChI=1S/C23H11NO7/c1-23(10-2-4-24-5-3-10)15-6-11-13(21(27)30-19(11)25)8-17(15)29-18-9-14-12(7-16(18)23)20(26)31-22(14)28/h2-9H,1H3. The van der Waals surface area contributed by atoms with E-state index in [1.165, 1.54) is 12.1 Å². The third kappa shape index (κ3) is 2.16. The van der Waals surface area contributed by atoms with Gasteiger partial charge in [0.05, 0.1) is 22.3 Å². The summed E-state index contributed by atoms with van der Waals surface area (Å²) in [6.07, 6.45) is 3.26. The van der Waals surface area contributed by atoms with E-state index in [1.807, 2.05) is 19.1 Å². The topological polar surface area (TPSA) is 109 Å². The van der Waals surface area contributed by atoms with Crippen LogP contribution >= 0.6 is 0 Å². The second-order valence-corrected chi connectivity index (χ2v) is 7.60. The SMILES string of the molecule is CC1(c2ccncc2)c2cc3c(cc2Oc2cc4c(cc21)C(=O)OC4=O)C(=O)OC3=O. The molecular formula is C23H11NO7. The first kappa shape index (κ1) is 17.5. The summed E-state index contributed by atoms with van der Waals surface area (Å²) in [4.78, 5) is 52.6. The molecule has 2 aromatic carbocycles. The van der Waals surface area contributed by atoms with Gasteiger partial charge in [-0.15, -0.1) is 0 Å². The van der Waals surface area contributed by atoms with Crippen LogP contribution in [0.5, 0.6) is 11.5 Å². The maximum absolute atomic E-state index is 12.2. The highest BCUT2D eigenvalue weighted by atomic mass is 16.6. The Labute approximate surface area is 174 Å². The third-order valence-electron chi connectivity index (χ3n) is 6.04. The fraction of sp³-hybridized carbons (Fsp3) is 0.0870. The van der Waals surface area contributed by atoms with Gasteiger partial charge in [0.1, 0.15) is 11.5 Å². The van der Waals surface area contributed by atoms with Crippen molar-refractivity contribution < 1.29 is 33.4 Å². The molecule has 8 nitrogen and oxygen atoms in total. The van der Waals surface area contributed by atoms with Gasteiger partial charge in [0.2, 0.25) is 0 Å². The van der Waals surface area contributed by atoms with Crippen molar-refractivity contribution in [3.05, 3.63) is 87.7 Å². The number of carbonyl (C=O) groups is 4. The summed E-state index contributed by atoms with van der Waals surface area (Å²) < 4.78 is 15.5. The smallest absolute Gasteiger partial charge is 0.347 e. The van der Waals surface area contributed by atoms with Crippen molar-refractivity contribution >= 4 is 23.9 Å². The van der Waals surface area contributed by atoms with Gasteiger partial charge >= 0.3 is 23.9 Å². The Morgan fingerprint density at radius 1 is 0.645 bits per heavy atom. The average molecular weight is 413 g/mol. The molecule has 0 N–H and O–H groups in total. The maximum Gasteiger partial charge on any atom is 0.347 e. The van der Waals surface area contributed by atoms with Gasteiger partial charge in [-0.2, -0.15) is 0 Å². The van der Waals surface area contributed by atoms with E-state index in [-0.39, 0.29) is 22.3 Å². The molecule has 0 spiro atoms. The monoisotopic (exact) mass is 413 g/mol. The lowest BCUT2D eigenvalue weighted by Crippen LogP contribution is -2.30. The fourth-order valence-corrected chi connectivity index (χ4v) is 4.43. The van der Waals surface area contributed by atoms with E-state index in [2.05, 4.69) is 4.98 Å². The minimum absolute atomic E-state index is 0.111. The van der Waals surface area contributed by atoms with Crippen LogP contribution in [0.25, 0.3) is 0 Å². The van der Waals surface area contributed by atoms with Gasteiger partial charge in [-0.3, -0.25) is 4.98 Å². The molecule has 3 aliphatic rings. The number of nitrogens with zero attached hydrogens (tertiary/aromatic N) is 1. The van der Waals surface area contributed by atoms with Crippen molar-refractivity contribution in [3.63, 3.8) is 0 Å². The van der Waals surface area contributed by atoms with Crippen molar-refractivity contribution in [1.29, 1.82) is 0 Å². The number of carbonyl (C=O) groups excluding carboxylic acids is 4. The van der Waals surface area contributed by atoms with Crippen LogP contribution in [0.4, 0.5) is 0 Å². The Morgan fingerprint density at radius 2 is 1.06 bits per heavy atom. The number of rotatable bonds is 1. The number of hydrogen-bond donors (Lipinski definition) is 0. The van der Waals surface area contributed by atoms with E-state index in [0.29, 0.717) is 22.6 Å². The molecule has 8 heteroatoms. The molecule has 0 bridgehead atoms. The van der Waals surface area contributed by atoms with Crippen LogP contribution in [0.2, 0.25) is 0 Å². The van der Waals surface area contributed by atoms with Crippen molar-refractivity contribution in [2.45, 2.75) is 12.3 Å². The first-order valence-corrected chi connectivity index (χ1v) is 9.36. The molecule has 0 fully saturated rings. The first-order chi connectivity index (χ1) is 14.9. The highest BCUT2D eigenvalue weighted by Gasteiger charge is 2.45. The molecule has 150 valence electrons. The van der Waals surface area contributed by atoms with E-state index >= 15 is 0 Å². The largest absolute Gasteiger partial charge is 0.457 e. The predicted octanol–water partition coefficient (Wildman–Crippen LogP) is 3.16. The summed E-state index contributed by atoms with van der Waals surface area (Å²) in [5.74, 6) is -2.26. The summed E-state index contributed by atoms with van der Waals surface area (Å²) in [6.45, 7) is 1.91. The van der Waals surface area contributed by atoms with Gasteiger partial charge in [0.25, 0.3) is 0 Å². The van der Waals surface area contributed by atoms with Gasteiger partial charge in [-0.05, 0) is 48.9 Å². The van der Waals surface area contributed by atoms with Crippen LogP contribution in [0.3, 0.4) is 0 Å². The number of hydrogen-bond acceptors (Lipinski definition) is 8. The lowest BCUT2D eigenvalue weighted by molar-refractivity contribution is 0.0425. The van der Waals surface area contributed by atoms with Crippen molar-refractivity contribution in [2.24, 2.45) is 0 Å². The lowest BCUT2D eigenvalue weighted by Gasteiger charge is -2.38. The Balaban J connectivity index is 1.69. The van der Waals surface area contributed by atoms with Crippen LogP contribution in [0.15, 0.2) is 48.8 Å². The second-order valence-electron chi connectivity index (χ2n) is 7.60. The number of fused-ring (bicyclic) bond motifs is 4. The average Bonchev–Trinajstić information content (AvgIpc) is 3.20. The van der Waals surface area contributed by atoms with Gasteiger partial charge < -0.3 is 14.2 Å². The van der Waals surface area contributed by atoms with Crippen LogP contribution in [-0.2, 0) is 14.9 Å².